The monoisotopic (exact) mass is 582 g/mol. The van der Waals surface area contributed by atoms with Gasteiger partial charge in [-0.15, -0.1) is 0 Å². The highest BCUT2D eigenvalue weighted by atomic mass is 79.9. The van der Waals surface area contributed by atoms with E-state index in [4.69, 9.17) is 21.1 Å². The molecule has 1 aliphatic heterocycles. The molecule has 1 saturated heterocycles. The lowest BCUT2D eigenvalue weighted by atomic mass is 10.1. The number of amides is 4. The second-order valence-corrected chi connectivity index (χ2v) is 9.69. The summed E-state index contributed by atoms with van der Waals surface area (Å²) in [7, 11) is 0. The molecule has 0 atom stereocenters. The quantitative estimate of drug-likeness (QED) is 0.258. The van der Waals surface area contributed by atoms with Crippen molar-refractivity contribution in [2.75, 3.05) is 11.5 Å². The number of benzene rings is 3. The maximum absolute atomic E-state index is 13.3. The zero-order valence-electron chi connectivity index (χ0n) is 20.4. The van der Waals surface area contributed by atoms with Crippen LogP contribution in [0.5, 0.6) is 11.5 Å². The standard InChI is InChI=1S/C28H24BrClN2O5/c1-4-36-24-14-19(13-23(30)25(24)37-15-18-7-5-6-16(2)10-18)12-21-26(33)31-28(35)32(27(21)34)20-8-9-22(29)17(3)11-20/h5-14H,4,15H2,1-3H3,(H,31,33,35)/b21-12+. The minimum Gasteiger partial charge on any atom is -0.490 e. The van der Waals surface area contributed by atoms with E-state index in [1.807, 2.05) is 45.0 Å². The summed E-state index contributed by atoms with van der Waals surface area (Å²) in [5.41, 5.74) is 3.48. The van der Waals surface area contributed by atoms with Crippen molar-refractivity contribution in [3.8, 4) is 11.5 Å². The van der Waals surface area contributed by atoms with Crippen molar-refractivity contribution in [3.05, 3.63) is 91.9 Å². The summed E-state index contributed by atoms with van der Waals surface area (Å²) in [4.78, 5) is 39.4. The van der Waals surface area contributed by atoms with Crippen LogP contribution < -0.4 is 19.7 Å². The van der Waals surface area contributed by atoms with Crippen molar-refractivity contribution in [1.82, 2.24) is 5.32 Å². The molecule has 4 rings (SSSR count). The number of nitrogens with zero attached hydrogens (tertiary/aromatic N) is 1. The topological polar surface area (TPSA) is 84.9 Å². The van der Waals surface area contributed by atoms with Gasteiger partial charge in [0.1, 0.15) is 12.2 Å². The Morgan fingerprint density at radius 2 is 1.81 bits per heavy atom. The first-order valence-electron chi connectivity index (χ1n) is 11.5. The summed E-state index contributed by atoms with van der Waals surface area (Å²) in [6.07, 6.45) is 1.38. The second kappa shape index (κ2) is 11.2. The van der Waals surface area contributed by atoms with E-state index in [9.17, 15) is 14.4 Å². The lowest BCUT2D eigenvalue weighted by Crippen LogP contribution is -2.54. The van der Waals surface area contributed by atoms with Gasteiger partial charge in [0.2, 0.25) is 0 Å². The Bertz CT molecular complexity index is 1440. The van der Waals surface area contributed by atoms with Gasteiger partial charge in [0.25, 0.3) is 11.8 Å². The molecule has 0 saturated carbocycles. The van der Waals surface area contributed by atoms with Gasteiger partial charge >= 0.3 is 6.03 Å². The molecular weight excluding hydrogens is 560 g/mol. The fourth-order valence-corrected chi connectivity index (χ4v) is 4.38. The van der Waals surface area contributed by atoms with Crippen molar-refractivity contribution >= 4 is 57.1 Å². The summed E-state index contributed by atoms with van der Waals surface area (Å²) in [5.74, 6) is -0.818. The molecule has 0 unspecified atom stereocenters. The molecule has 7 nitrogen and oxygen atoms in total. The number of carbonyl (C=O) groups excluding carboxylic acids is 3. The van der Waals surface area contributed by atoms with Crippen molar-refractivity contribution in [1.29, 1.82) is 0 Å². The van der Waals surface area contributed by atoms with Gasteiger partial charge in [-0.25, -0.2) is 9.69 Å². The number of rotatable bonds is 7. The fraction of sp³-hybridized carbons (Fsp3) is 0.179. The molecule has 1 aliphatic rings. The van der Waals surface area contributed by atoms with E-state index in [0.29, 0.717) is 29.4 Å². The van der Waals surface area contributed by atoms with Gasteiger partial charge in [0, 0.05) is 4.47 Å². The summed E-state index contributed by atoms with van der Waals surface area (Å²) >= 11 is 9.95. The van der Waals surface area contributed by atoms with Crippen LogP contribution in [0.4, 0.5) is 10.5 Å². The minimum atomic E-state index is -0.818. The number of barbiturate groups is 1. The third-order valence-electron chi connectivity index (χ3n) is 5.61. The Balaban J connectivity index is 1.67. The molecule has 1 heterocycles. The molecular formula is C28H24BrClN2O5. The summed E-state index contributed by atoms with van der Waals surface area (Å²) in [6.45, 7) is 6.29. The minimum absolute atomic E-state index is 0.216. The van der Waals surface area contributed by atoms with Crippen molar-refractivity contribution < 1.29 is 23.9 Å². The number of urea groups is 1. The van der Waals surface area contributed by atoms with E-state index in [0.717, 1.165) is 26.1 Å². The van der Waals surface area contributed by atoms with Crippen LogP contribution in [-0.2, 0) is 16.2 Å². The maximum atomic E-state index is 13.3. The van der Waals surface area contributed by atoms with Gasteiger partial charge in [-0.1, -0.05) is 57.4 Å². The van der Waals surface area contributed by atoms with E-state index < -0.39 is 17.8 Å². The zero-order valence-corrected chi connectivity index (χ0v) is 22.8. The molecule has 0 aromatic heterocycles. The summed E-state index contributed by atoms with van der Waals surface area (Å²) in [6, 6.07) is 15.3. The smallest absolute Gasteiger partial charge is 0.335 e. The number of carbonyl (C=O) groups is 3. The largest absolute Gasteiger partial charge is 0.490 e. The maximum Gasteiger partial charge on any atom is 0.335 e. The lowest BCUT2D eigenvalue weighted by Gasteiger charge is -2.26. The highest BCUT2D eigenvalue weighted by Gasteiger charge is 2.37. The predicted octanol–water partition coefficient (Wildman–Crippen LogP) is 6.36. The van der Waals surface area contributed by atoms with Gasteiger partial charge in [-0.2, -0.15) is 0 Å². The molecule has 9 heteroatoms. The van der Waals surface area contributed by atoms with E-state index in [-0.39, 0.29) is 17.2 Å². The molecule has 0 aliphatic carbocycles. The first kappa shape index (κ1) is 26.4. The Morgan fingerprint density at radius 1 is 1.03 bits per heavy atom. The number of imide groups is 2. The van der Waals surface area contributed by atoms with Crippen LogP contribution in [0.25, 0.3) is 6.08 Å². The van der Waals surface area contributed by atoms with Crippen LogP contribution in [0.3, 0.4) is 0 Å². The first-order chi connectivity index (χ1) is 17.7. The van der Waals surface area contributed by atoms with Gasteiger partial charge in [-0.3, -0.25) is 14.9 Å². The first-order valence-corrected chi connectivity index (χ1v) is 12.7. The Hall–Kier alpha value is -3.62. The Morgan fingerprint density at radius 3 is 2.51 bits per heavy atom. The highest BCUT2D eigenvalue weighted by molar-refractivity contribution is 9.10. The average Bonchev–Trinajstić information content (AvgIpc) is 2.83. The number of anilines is 1. The molecule has 4 amide bonds. The lowest BCUT2D eigenvalue weighted by molar-refractivity contribution is -0.122. The van der Waals surface area contributed by atoms with E-state index >= 15 is 0 Å². The number of hydrogen-bond acceptors (Lipinski definition) is 5. The van der Waals surface area contributed by atoms with Gasteiger partial charge in [0.15, 0.2) is 11.5 Å². The third kappa shape index (κ3) is 5.87. The zero-order chi connectivity index (χ0) is 26.7. The van der Waals surface area contributed by atoms with Crippen LogP contribution in [0.1, 0.15) is 29.2 Å². The van der Waals surface area contributed by atoms with Gasteiger partial charge in [0.05, 0.1) is 17.3 Å². The average molecular weight is 584 g/mol. The summed E-state index contributed by atoms with van der Waals surface area (Å²) in [5, 5.41) is 2.48. The van der Waals surface area contributed by atoms with Crippen LogP contribution in [-0.4, -0.2) is 24.5 Å². The molecule has 37 heavy (non-hydrogen) atoms. The molecule has 1 N–H and O–H groups in total. The SMILES string of the molecule is CCOc1cc(/C=C2\C(=O)NC(=O)N(c3ccc(Br)c(C)c3)C2=O)cc(Cl)c1OCc1cccc(C)c1. The second-order valence-electron chi connectivity index (χ2n) is 8.43. The normalized spacial score (nSPS) is 14.7. The van der Waals surface area contributed by atoms with Crippen molar-refractivity contribution in [2.24, 2.45) is 0 Å². The summed E-state index contributed by atoms with van der Waals surface area (Å²) < 4.78 is 12.6. The van der Waals surface area contributed by atoms with Crippen molar-refractivity contribution in [3.63, 3.8) is 0 Å². The van der Waals surface area contributed by atoms with Gasteiger partial charge < -0.3 is 9.47 Å². The number of halogens is 2. The van der Waals surface area contributed by atoms with Crippen LogP contribution in [0.15, 0.2) is 64.6 Å². The Kier molecular flexibility index (Phi) is 8.00. The number of aryl methyl sites for hydroxylation is 2. The van der Waals surface area contributed by atoms with Crippen molar-refractivity contribution in [2.45, 2.75) is 27.4 Å². The Labute approximate surface area is 228 Å². The molecule has 0 bridgehead atoms. The number of hydrogen-bond donors (Lipinski definition) is 1. The molecule has 0 spiro atoms. The van der Waals surface area contributed by atoms with Gasteiger partial charge in [-0.05, 0) is 73.9 Å². The van der Waals surface area contributed by atoms with E-state index in [1.165, 1.54) is 6.08 Å². The fourth-order valence-electron chi connectivity index (χ4n) is 3.86. The van der Waals surface area contributed by atoms with Crippen LogP contribution in [0, 0.1) is 13.8 Å². The molecule has 1 fully saturated rings. The number of ether oxygens (including phenoxy) is 2. The molecule has 190 valence electrons. The number of nitrogens with one attached hydrogen (secondary N) is 1. The van der Waals surface area contributed by atoms with Crippen LogP contribution >= 0.6 is 27.5 Å². The highest BCUT2D eigenvalue weighted by Crippen LogP contribution is 2.38. The molecule has 3 aromatic rings. The van der Waals surface area contributed by atoms with Crippen LogP contribution in [0.2, 0.25) is 5.02 Å². The predicted molar refractivity (Wildman–Crippen MR) is 146 cm³/mol. The third-order valence-corrected chi connectivity index (χ3v) is 6.78. The molecule has 3 aromatic carbocycles. The molecule has 0 radical (unpaired) electrons. The van der Waals surface area contributed by atoms with E-state index in [1.54, 1.807) is 30.3 Å². The van der Waals surface area contributed by atoms with E-state index in [2.05, 4.69) is 21.2 Å².